The summed E-state index contributed by atoms with van der Waals surface area (Å²) in [4.78, 5) is 12.1. The van der Waals surface area contributed by atoms with Crippen LogP contribution < -0.4 is 11.1 Å². The first-order valence-electron chi connectivity index (χ1n) is 5.95. The van der Waals surface area contributed by atoms with Gasteiger partial charge < -0.3 is 11.1 Å². The molecule has 0 fully saturated rings. The lowest BCUT2D eigenvalue weighted by atomic mass is 10.1. The number of hydrogen-bond donors (Lipinski definition) is 2. The Morgan fingerprint density at radius 3 is 2.76 bits per heavy atom. The molecule has 0 saturated heterocycles. The minimum atomic E-state index is -4.45. The highest BCUT2D eigenvalue weighted by atomic mass is 32.1. The molecule has 0 bridgehead atoms. The van der Waals surface area contributed by atoms with Gasteiger partial charge >= 0.3 is 6.18 Å². The number of carbonyl (C=O) groups is 1. The molecule has 2 rings (SSSR count). The van der Waals surface area contributed by atoms with Crippen LogP contribution in [0.1, 0.15) is 21.7 Å². The Hall–Kier alpha value is -2.20. The molecular weight excluding hydrogens is 301 g/mol. The van der Waals surface area contributed by atoms with Crippen LogP contribution in [0.25, 0.3) is 10.1 Å². The number of anilines is 1. The smallest absolute Gasteiger partial charge is 0.397 e. The van der Waals surface area contributed by atoms with E-state index in [4.69, 9.17) is 12.2 Å². The molecular formula is C14H11F3N2OS. The van der Waals surface area contributed by atoms with Crippen molar-refractivity contribution in [1.29, 1.82) is 0 Å². The van der Waals surface area contributed by atoms with E-state index in [0.29, 0.717) is 11.1 Å². The second-order valence-electron chi connectivity index (χ2n) is 4.26. The second-order valence-corrected chi connectivity index (χ2v) is 5.32. The van der Waals surface area contributed by atoms with Gasteiger partial charge in [-0.2, -0.15) is 13.2 Å². The number of fused-ring (bicyclic) bond motifs is 1. The number of alkyl halides is 3. The van der Waals surface area contributed by atoms with Gasteiger partial charge in [-0.1, -0.05) is 0 Å². The third-order valence-corrected chi connectivity index (χ3v) is 4.00. The van der Waals surface area contributed by atoms with Gasteiger partial charge in [0, 0.05) is 23.1 Å². The van der Waals surface area contributed by atoms with Crippen LogP contribution in [0.3, 0.4) is 0 Å². The quantitative estimate of drug-likeness (QED) is 0.675. The van der Waals surface area contributed by atoms with Crippen LogP contribution in [0.2, 0.25) is 0 Å². The lowest BCUT2D eigenvalue weighted by Gasteiger charge is -2.06. The molecule has 0 atom stereocenters. The van der Waals surface area contributed by atoms with Crippen molar-refractivity contribution < 1.29 is 18.0 Å². The number of nitrogen functional groups attached to an aromatic ring is 1. The Morgan fingerprint density at radius 2 is 2.14 bits per heavy atom. The zero-order valence-corrected chi connectivity index (χ0v) is 11.6. The van der Waals surface area contributed by atoms with Gasteiger partial charge in [-0.05, 0) is 18.2 Å². The Balaban J connectivity index is 2.38. The molecule has 1 heterocycles. The van der Waals surface area contributed by atoms with Gasteiger partial charge in [-0.15, -0.1) is 23.7 Å². The van der Waals surface area contributed by atoms with E-state index in [-0.39, 0.29) is 22.5 Å². The van der Waals surface area contributed by atoms with Crippen molar-refractivity contribution in [3.05, 3.63) is 28.6 Å². The van der Waals surface area contributed by atoms with Crippen molar-refractivity contribution in [3.63, 3.8) is 0 Å². The van der Waals surface area contributed by atoms with E-state index >= 15 is 0 Å². The van der Waals surface area contributed by atoms with Crippen LogP contribution in [-0.2, 0) is 6.18 Å². The lowest BCUT2D eigenvalue weighted by Crippen LogP contribution is -2.23. The van der Waals surface area contributed by atoms with Crippen molar-refractivity contribution in [2.45, 2.75) is 12.6 Å². The minimum Gasteiger partial charge on any atom is -0.397 e. The number of thiophene rings is 1. The van der Waals surface area contributed by atoms with Gasteiger partial charge in [0.05, 0.1) is 11.3 Å². The van der Waals surface area contributed by atoms with Crippen molar-refractivity contribution in [1.82, 2.24) is 5.32 Å². The number of carbonyl (C=O) groups excluding carboxylic acids is 1. The van der Waals surface area contributed by atoms with Gasteiger partial charge in [-0.25, -0.2) is 0 Å². The van der Waals surface area contributed by atoms with Gasteiger partial charge in [0.1, 0.15) is 4.88 Å². The minimum absolute atomic E-state index is 0.0549. The number of amides is 1. The van der Waals surface area contributed by atoms with E-state index in [9.17, 15) is 18.0 Å². The van der Waals surface area contributed by atoms with Crippen LogP contribution in [0.4, 0.5) is 18.9 Å². The fourth-order valence-corrected chi connectivity index (χ4v) is 2.81. The van der Waals surface area contributed by atoms with Crippen LogP contribution in [0.5, 0.6) is 0 Å². The molecule has 21 heavy (non-hydrogen) atoms. The van der Waals surface area contributed by atoms with E-state index in [1.807, 2.05) is 0 Å². The van der Waals surface area contributed by atoms with E-state index in [1.165, 1.54) is 6.07 Å². The summed E-state index contributed by atoms with van der Waals surface area (Å²) in [7, 11) is 0. The third-order valence-electron chi connectivity index (χ3n) is 2.81. The number of rotatable bonds is 3. The maximum Gasteiger partial charge on any atom is 0.416 e. The van der Waals surface area contributed by atoms with E-state index in [2.05, 4.69) is 11.2 Å². The molecule has 110 valence electrons. The SMILES string of the molecule is C#CCCNC(=O)c1sc2ccc(C(F)(F)F)cc2c1N. The summed E-state index contributed by atoms with van der Waals surface area (Å²) < 4.78 is 38.6. The molecule has 0 aliphatic rings. The average Bonchev–Trinajstić information content (AvgIpc) is 2.75. The summed E-state index contributed by atoms with van der Waals surface area (Å²) in [6.07, 6.45) is 0.995. The van der Waals surface area contributed by atoms with Crippen molar-refractivity contribution in [2.24, 2.45) is 0 Å². The molecule has 3 N–H and O–H groups in total. The predicted molar refractivity (Wildman–Crippen MR) is 77.0 cm³/mol. The molecule has 0 saturated carbocycles. The van der Waals surface area contributed by atoms with E-state index in [1.54, 1.807) is 0 Å². The van der Waals surface area contributed by atoms with Crippen LogP contribution in [0, 0.1) is 12.3 Å². The molecule has 0 radical (unpaired) electrons. The van der Waals surface area contributed by atoms with E-state index < -0.39 is 17.6 Å². The van der Waals surface area contributed by atoms with Crippen LogP contribution >= 0.6 is 11.3 Å². The number of nitrogens with one attached hydrogen (secondary N) is 1. The summed E-state index contributed by atoms with van der Waals surface area (Å²) >= 11 is 1.05. The Bertz CT molecular complexity index is 728. The summed E-state index contributed by atoms with van der Waals surface area (Å²) in [5.41, 5.74) is 5.06. The molecule has 7 heteroatoms. The normalized spacial score (nSPS) is 11.3. The predicted octanol–water partition coefficient (Wildman–Crippen LogP) is 3.26. The number of hydrogen-bond acceptors (Lipinski definition) is 3. The Labute approximate surface area is 122 Å². The molecule has 0 unspecified atom stereocenters. The van der Waals surface area contributed by atoms with Gasteiger partial charge in [0.2, 0.25) is 0 Å². The Kier molecular flexibility index (Phi) is 4.09. The maximum absolute atomic E-state index is 12.7. The van der Waals surface area contributed by atoms with Crippen molar-refractivity contribution in [3.8, 4) is 12.3 Å². The number of halogens is 3. The summed E-state index contributed by atoms with van der Waals surface area (Å²) in [5, 5.41) is 2.81. The number of terminal acetylenes is 1. The molecule has 0 aliphatic carbocycles. The first-order valence-corrected chi connectivity index (χ1v) is 6.77. The van der Waals surface area contributed by atoms with Crippen LogP contribution in [-0.4, -0.2) is 12.5 Å². The van der Waals surface area contributed by atoms with Gasteiger partial charge in [-0.3, -0.25) is 4.79 Å². The van der Waals surface area contributed by atoms with Gasteiger partial charge in [0.15, 0.2) is 0 Å². The largest absolute Gasteiger partial charge is 0.416 e. The molecule has 1 aromatic heterocycles. The van der Waals surface area contributed by atoms with Gasteiger partial charge in [0.25, 0.3) is 5.91 Å². The summed E-state index contributed by atoms with van der Waals surface area (Å²) in [5.74, 6) is 1.94. The molecule has 0 spiro atoms. The molecule has 0 aliphatic heterocycles. The highest BCUT2D eigenvalue weighted by Crippen LogP contribution is 2.38. The first kappa shape index (κ1) is 15.2. The zero-order valence-electron chi connectivity index (χ0n) is 10.8. The molecule has 1 aromatic carbocycles. The standard InChI is InChI=1S/C14H11F3N2OS/c1-2-3-6-19-13(20)12-11(18)9-7-8(14(15,16)17)4-5-10(9)21-12/h1,4-5,7H,3,6,18H2,(H,19,20). The van der Waals surface area contributed by atoms with Crippen LogP contribution in [0.15, 0.2) is 18.2 Å². The number of benzene rings is 1. The maximum atomic E-state index is 12.7. The lowest BCUT2D eigenvalue weighted by molar-refractivity contribution is -0.137. The summed E-state index contributed by atoms with van der Waals surface area (Å²) in [6.45, 7) is 0.289. The topological polar surface area (TPSA) is 55.1 Å². The molecule has 1 amide bonds. The molecule has 3 nitrogen and oxygen atoms in total. The van der Waals surface area contributed by atoms with Crippen molar-refractivity contribution in [2.75, 3.05) is 12.3 Å². The average molecular weight is 312 g/mol. The van der Waals surface area contributed by atoms with Crippen molar-refractivity contribution >= 4 is 33.0 Å². The fraction of sp³-hybridized carbons (Fsp3) is 0.214. The Morgan fingerprint density at radius 1 is 1.43 bits per heavy atom. The second kappa shape index (κ2) is 5.66. The fourth-order valence-electron chi connectivity index (χ4n) is 1.79. The van der Waals surface area contributed by atoms with E-state index in [0.717, 1.165) is 23.5 Å². The monoisotopic (exact) mass is 312 g/mol. The molecule has 2 aromatic rings. The zero-order chi connectivity index (χ0) is 15.6. The summed E-state index contributed by atoms with van der Waals surface area (Å²) in [6, 6.07) is 3.25. The highest BCUT2D eigenvalue weighted by Gasteiger charge is 2.31. The first-order chi connectivity index (χ1) is 9.84. The highest BCUT2D eigenvalue weighted by molar-refractivity contribution is 7.21. The third kappa shape index (κ3) is 3.11. The number of nitrogens with two attached hydrogens (primary N) is 1.